The van der Waals surface area contributed by atoms with Crippen molar-refractivity contribution in [2.45, 2.75) is 44.9 Å². The van der Waals surface area contributed by atoms with E-state index in [4.69, 9.17) is 0 Å². The average Bonchev–Trinajstić information content (AvgIpc) is 2.29. The molecule has 0 aromatic heterocycles. The quantitative estimate of drug-likeness (QED) is 0.728. The summed E-state index contributed by atoms with van der Waals surface area (Å²) < 4.78 is 13.4. The van der Waals surface area contributed by atoms with E-state index in [0.29, 0.717) is 25.9 Å². The summed E-state index contributed by atoms with van der Waals surface area (Å²) in [5.74, 6) is 0. The molecule has 0 aliphatic carbocycles. The molecule has 1 N–H and O–H groups in total. The number of hydrogen-bond donors (Lipinski definition) is 1. The van der Waals surface area contributed by atoms with Crippen molar-refractivity contribution in [1.82, 2.24) is 4.90 Å². The minimum absolute atomic E-state index is 0.461. The van der Waals surface area contributed by atoms with Crippen LogP contribution >= 0.6 is 0 Å². The van der Waals surface area contributed by atoms with Crippen molar-refractivity contribution >= 4 is 0 Å². The first kappa shape index (κ1) is 10.9. The van der Waals surface area contributed by atoms with Crippen molar-refractivity contribution in [2.75, 3.05) is 19.6 Å². The number of hydrogen-bond acceptors (Lipinski definition) is 2. The molecule has 1 heterocycles. The fraction of sp³-hybridized carbons (Fsp3) is 1.00. The molecule has 0 radical (unpaired) electrons. The van der Waals surface area contributed by atoms with Crippen molar-refractivity contribution in [1.29, 1.82) is 0 Å². The zero-order valence-electron chi connectivity index (χ0n) is 8.81. The van der Waals surface area contributed by atoms with E-state index in [1.165, 1.54) is 0 Å². The summed E-state index contributed by atoms with van der Waals surface area (Å²) in [5.41, 5.74) is -1.72. The Kier molecular flexibility index (Phi) is 2.98. The maximum Gasteiger partial charge on any atom is 0.122 e. The first-order valence-electron chi connectivity index (χ1n) is 4.98. The van der Waals surface area contributed by atoms with Crippen LogP contribution < -0.4 is 0 Å². The lowest BCUT2D eigenvalue weighted by Crippen LogP contribution is -2.40. The number of likely N-dealkylation sites (tertiary alicyclic amines) is 1. The Morgan fingerprint density at radius 1 is 1.62 bits per heavy atom. The SMILES string of the molecule is CCC(C)(O)CN1CCC(C)(F)C1. The van der Waals surface area contributed by atoms with Gasteiger partial charge in [0.1, 0.15) is 5.67 Å². The maximum atomic E-state index is 13.4. The minimum atomic E-state index is -1.05. The summed E-state index contributed by atoms with van der Waals surface area (Å²) in [5, 5.41) is 9.79. The molecule has 3 heteroatoms. The van der Waals surface area contributed by atoms with E-state index < -0.39 is 11.3 Å². The highest BCUT2D eigenvalue weighted by Crippen LogP contribution is 2.26. The molecule has 1 rings (SSSR count). The predicted molar refractivity (Wildman–Crippen MR) is 51.5 cm³/mol. The lowest BCUT2D eigenvalue weighted by molar-refractivity contribution is 0.0191. The smallest absolute Gasteiger partial charge is 0.122 e. The molecule has 2 unspecified atom stereocenters. The molecule has 1 fully saturated rings. The van der Waals surface area contributed by atoms with Crippen LogP contribution in [0.15, 0.2) is 0 Å². The zero-order valence-corrected chi connectivity index (χ0v) is 8.81. The largest absolute Gasteiger partial charge is 0.389 e. The molecule has 0 saturated carbocycles. The van der Waals surface area contributed by atoms with Crippen molar-refractivity contribution in [3.63, 3.8) is 0 Å². The average molecular weight is 189 g/mol. The number of alkyl halides is 1. The second-order valence-corrected chi connectivity index (χ2v) is 4.72. The summed E-state index contributed by atoms with van der Waals surface area (Å²) in [4.78, 5) is 2.00. The van der Waals surface area contributed by atoms with Gasteiger partial charge < -0.3 is 5.11 Å². The Morgan fingerprint density at radius 3 is 2.62 bits per heavy atom. The Balaban J connectivity index is 2.40. The van der Waals surface area contributed by atoms with Gasteiger partial charge in [0, 0.05) is 19.6 Å². The summed E-state index contributed by atoms with van der Waals surface area (Å²) >= 11 is 0. The molecule has 0 spiro atoms. The summed E-state index contributed by atoms with van der Waals surface area (Å²) in [6.07, 6.45) is 1.30. The Hall–Kier alpha value is -0.150. The van der Waals surface area contributed by atoms with Gasteiger partial charge in [0.05, 0.1) is 5.60 Å². The fourth-order valence-corrected chi connectivity index (χ4v) is 1.74. The molecule has 13 heavy (non-hydrogen) atoms. The minimum Gasteiger partial charge on any atom is -0.389 e. The van der Waals surface area contributed by atoms with Crippen LogP contribution in [-0.4, -0.2) is 40.9 Å². The summed E-state index contributed by atoms with van der Waals surface area (Å²) in [6.45, 7) is 7.20. The summed E-state index contributed by atoms with van der Waals surface area (Å²) in [6, 6.07) is 0. The first-order chi connectivity index (χ1) is 5.85. The van der Waals surface area contributed by atoms with Gasteiger partial charge in [0.2, 0.25) is 0 Å². The molecule has 1 saturated heterocycles. The van der Waals surface area contributed by atoms with Crippen LogP contribution in [0.2, 0.25) is 0 Å². The van der Waals surface area contributed by atoms with Crippen LogP contribution in [0.3, 0.4) is 0 Å². The van der Waals surface area contributed by atoms with Crippen LogP contribution in [0, 0.1) is 0 Å². The normalized spacial score (nSPS) is 34.8. The van der Waals surface area contributed by atoms with E-state index in [1.54, 1.807) is 13.8 Å². The van der Waals surface area contributed by atoms with E-state index in [-0.39, 0.29) is 0 Å². The van der Waals surface area contributed by atoms with Gasteiger partial charge in [0.25, 0.3) is 0 Å². The molecule has 0 aromatic carbocycles. The third-order valence-electron chi connectivity index (χ3n) is 2.83. The molecule has 0 aromatic rings. The summed E-state index contributed by atoms with van der Waals surface area (Å²) in [7, 11) is 0. The van der Waals surface area contributed by atoms with Gasteiger partial charge in [-0.3, -0.25) is 4.90 Å². The first-order valence-corrected chi connectivity index (χ1v) is 4.98. The van der Waals surface area contributed by atoms with E-state index in [1.807, 2.05) is 11.8 Å². The van der Waals surface area contributed by atoms with Gasteiger partial charge in [-0.15, -0.1) is 0 Å². The number of aliphatic hydroxyl groups is 1. The number of rotatable bonds is 3. The van der Waals surface area contributed by atoms with E-state index in [9.17, 15) is 9.50 Å². The molecule has 1 aliphatic rings. The molecule has 78 valence electrons. The van der Waals surface area contributed by atoms with E-state index in [0.717, 1.165) is 6.54 Å². The van der Waals surface area contributed by atoms with Crippen molar-refractivity contribution in [3.05, 3.63) is 0 Å². The van der Waals surface area contributed by atoms with Crippen LogP contribution in [0.4, 0.5) is 4.39 Å². The molecular weight excluding hydrogens is 169 g/mol. The Bertz CT molecular complexity index is 180. The second kappa shape index (κ2) is 3.54. The maximum absolute atomic E-state index is 13.4. The molecule has 0 amide bonds. The molecule has 1 aliphatic heterocycles. The van der Waals surface area contributed by atoms with Gasteiger partial charge in [-0.05, 0) is 26.7 Å². The van der Waals surface area contributed by atoms with Gasteiger partial charge in [-0.1, -0.05) is 6.92 Å². The number of β-amino-alcohol motifs (C(OH)–C–C–N with tert-alkyl or cyclic N) is 1. The van der Waals surface area contributed by atoms with Crippen molar-refractivity contribution < 1.29 is 9.50 Å². The zero-order chi connectivity index (χ0) is 10.1. The van der Waals surface area contributed by atoms with Crippen LogP contribution in [0.1, 0.15) is 33.6 Å². The van der Waals surface area contributed by atoms with Crippen LogP contribution in [0.25, 0.3) is 0 Å². The monoisotopic (exact) mass is 189 g/mol. The Morgan fingerprint density at radius 2 is 2.23 bits per heavy atom. The van der Waals surface area contributed by atoms with Gasteiger partial charge in [-0.25, -0.2) is 4.39 Å². The lowest BCUT2D eigenvalue weighted by atomic mass is 10.0. The third kappa shape index (κ3) is 3.24. The predicted octanol–water partition coefficient (Wildman–Crippen LogP) is 1.58. The van der Waals surface area contributed by atoms with Gasteiger partial charge in [0.15, 0.2) is 0 Å². The van der Waals surface area contributed by atoms with Crippen LogP contribution in [0.5, 0.6) is 0 Å². The molecule has 0 bridgehead atoms. The van der Waals surface area contributed by atoms with E-state index >= 15 is 0 Å². The van der Waals surface area contributed by atoms with Crippen LogP contribution in [-0.2, 0) is 0 Å². The standard InChI is InChI=1S/C10H20FNO/c1-4-10(3,13)8-12-6-5-9(2,11)7-12/h13H,4-8H2,1-3H3. The van der Waals surface area contributed by atoms with Crippen molar-refractivity contribution in [3.8, 4) is 0 Å². The highest BCUT2D eigenvalue weighted by molar-refractivity contribution is 4.89. The lowest BCUT2D eigenvalue weighted by Gasteiger charge is -2.27. The molecule has 2 nitrogen and oxygen atoms in total. The number of nitrogens with zero attached hydrogens (tertiary/aromatic N) is 1. The van der Waals surface area contributed by atoms with Gasteiger partial charge >= 0.3 is 0 Å². The highest BCUT2D eigenvalue weighted by Gasteiger charge is 2.35. The Labute approximate surface area is 79.7 Å². The van der Waals surface area contributed by atoms with Gasteiger partial charge in [-0.2, -0.15) is 0 Å². The number of halogens is 1. The molecular formula is C10H20FNO. The molecule has 2 atom stereocenters. The third-order valence-corrected chi connectivity index (χ3v) is 2.83. The van der Waals surface area contributed by atoms with Crippen molar-refractivity contribution in [2.24, 2.45) is 0 Å². The fourth-order valence-electron chi connectivity index (χ4n) is 1.74. The highest BCUT2D eigenvalue weighted by atomic mass is 19.1. The topological polar surface area (TPSA) is 23.5 Å². The second-order valence-electron chi connectivity index (χ2n) is 4.72. The van der Waals surface area contributed by atoms with E-state index in [2.05, 4.69) is 0 Å².